The summed E-state index contributed by atoms with van der Waals surface area (Å²) >= 11 is 5.08. The minimum absolute atomic E-state index is 0.707. The van der Waals surface area contributed by atoms with Crippen LogP contribution >= 0.6 is 27.7 Å². The smallest absolute Gasteiger partial charge is 0.192 e. The molecule has 0 unspecified atom stereocenters. The van der Waals surface area contributed by atoms with Crippen LogP contribution in [0.4, 0.5) is 0 Å². The van der Waals surface area contributed by atoms with E-state index in [-0.39, 0.29) is 0 Å². The highest BCUT2D eigenvalue weighted by atomic mass is 79.9. The van der Waals surface area contributed by atoms with Gasteiger partial charge in [0.05, 0.1) is 6.61 Å². The minimum Gasteiger partial charge on any atom is -0.383 e. The van der Waals surface area contributed by atoms with Gasteiger partial charge in [-0.2, -0.15) is 0 Å². The normalized spacial score (nSPS) is 10.7. The van der Waals surface area contributed by atoms with Crippen LogP contribution in [0, 0.1) is 0 Å². The maximum Gasteiger partial charge on any atom is 0.192 e. The maximum absolute atomic E-state index is 5.03. The Kier molecular flexibility index (Phi) is 6.46. The van der Waals surface area contributed by atoms with Gasteiger partial charge < -0.3 is 10.1 Å². The van der Waals surface area contributed by atoms with Crippen molar-refractivity contribution in [1.82, 2.24) is 15.3 Å². The van der Waals surface area contributed by atoms with Gasteiger partial charge in [-0.1, -0.05) is 15.9 Å². The van der Waals surface area contributed by atoms with Gasteiger partial charge in [-0.15, -0.1) is 0 Å². The lowest BCUT2D eigenvalue weighted by Crippen LogP contribution is -2.18. The fourth-order valence-electron chi connectivity index (χ4n) is 1.62. The van der Waals surface area contributed by atoms with Crippen molar-refractivity contribution in [2.45, 2.75) is 16.6 Å². The second-order valence-electron chi connectivity index (χ2n) is 4.06. The Labute approximate surface area is 131 Å². The molecule has 0 atom stereocenters. The highest BCUT2D eigenvalue weighted by Crippen LogP contribution is 2.29. The molecule has 0 saturated heterocycles. The lowest BCUT2D eigenvalue weighted by Gasteiger charge is -2.10. The molecule has 0 aliphatic heterocycles. The maximum atomic E-state index is 5.03. The van der Waals surface area contributed by atoms with Gasteiger partial charge in [0.25, 0.3) is 0 Å². The molecule has 0 saturated carbocycles. The van der Waals surface area contributed by atoms with Gasteiger partial charge >= 0.3 is 0 Å². The number of hydrogen-bond acceptors (Lipinski definition) is 5. The molecular formula is C14H16BrN3OS. The molecule has 0 spiro atoms. The number of rotatable bonds is 7. The third-order valence-electron chi connectivity index (χ3n) is 2.56. The van der Waals surface area contributed by atoms with Gasteiger partial charge in [0.15, 0.2) is 5.16 Å². The van der Waals surface area contributed by atoms with Crippen LogP contribution in [-0.2, 0) is 11.3 Å². The van der Waals surface area contributed by atoms with Gasteiger partial charge in [0.1, 0.15) is 0 Å². The Bertz CT molecular complexity index is 539. The Balaban J connectivity index is 2.07. The molecule has 0 amide bonds. The number of nitrogens with one attached hydrogen (secondary N) is 1. The van der Waals surface area contributed by atoms with Crippen LogP contribution in [0.5, 0.6) is 0 Å². The molecule has 1 aromatic heterocycles. The van der Waals surface area contributed by atoms with Crippen LogP contribution in [0.1, 0.15) is 5.56 Å². The third-order valence-corrected chi connectivity index (χ3v) is 4.07. The molecule has 0 fully saturated rings. The van der Waals surface area contributed by atoms with Crippen molar-refractivity contribution in [2.24, 2.45) is 0 Å². The van der Waals surface area contributed by atoms with E-state index in [1.807, 2.05) is 12.1 Å². The second kappa shape index (κ2) is 8.36. The van der Waals surface area contributed by atoms with Gasteiger partial charge in [-0.05, 0) is 41.6 Å². The first-order chi connectivity index (χ1) is 9.79. The summed E-state index contributed by atoms with van der Waals surface area (Å²) in [5.74, 6) is 0. The molecule has 6 heteroatoms. The zero-order valence-electron chi connectivity index (χ0n) is 11.2. The summed E-state index contributed by atoms with van der Waals surface area (Å²) in [6, 6.07) is 8.05. The standard InChI is InChI=1S/C14H16BrN3OS/c1-19-8-7-16-10-11-9-12(15)3-4-13(11)20-14-17-5-2-6-18-14/h2-6,9,16H,7-8,10H2,1H3. The van der Waals surface area contributed by atoms with Gasteiger partial charge in [0.2, 0.25) is 0 Å². The van der Waals surface area contributed by atoms with Crippen LogP contribution in [0.3, 0.4) is 0 Å². The third kappa shape index (κ3) is 4.86. The summed E-state index contributed by atoms with van der Waals surface area (Å²) < 4.78 is 6.10. The molecule has 0 bridgehead atoms. The largest absolute Gasteiger partial charge is 0.383 e. The van der Waals surface area contributed by atoms with Crippen molar-refractivity contribution in [3.05, 3.63) is 46.7 Å². The van der Waals surface area contributed by atoms with Gasteiger partial charge in [0, 0.05) is 42.0 Å². The second-order valence-corrected chi connectivity index (χ2v) is 5.98. The molecule has 1 aromatic carbocycles. The highest BCUT2D eigenvalue weighted by Gasteiger charge is 2.06. The van der Waals surface area contributed by atoms with Crippen LogP contribution in [0.15, 0.2) is 51.2 Å². The molecule has 0 aliphatic carbocycles. The molecule has 1 N–H and O–H groups in total. The quantitative estimate of drug-likeness (QED) is 0.612. The van der Waals surface area contributed by atoms with E-state index >= 15 is 0 Å². The number of methoxy groups -OCH3 is 1. The zero-order chi connectivity index (χ0) is 14.2. The lowest BCUT2D eigenvalue weighted by molar-refractivity contribution is 0.199. The molecule has 2 rings (SSSR count). The number of hydrogen-bond donors (Lipinski definition) is 1. The number of benzene rings is 1. The van der Waals surface area contributed by atoms with Crippen LogP contribution in [0.2, 0.25) is 0 Å². The summed E-state index contributed by atoms with van der Waals surface area (Å²) in [5.41, 5.74) is 1.22. The number of ether oxygens (including phenoxy) is 1. The van der Waals surface area contributed by atoms with Crippen molar-refractivity contribution in [3.63, 3.8) is 0 Å². The van der Waals surface area contributed by atoms with E-state index in [1.54, 1.807) is 31.3 Å². The van der Waals surface area contributed by atoms with Crippen molar-refractivity contribution < 1.29 is 4.74 Å². The summed E-state index contributed by atoms with van der Waals surface area (Å²) in [5, 5.41) is 4.11. The van der Waals surface area contributed by atoms with Crippen molar-refractivity contribution >= 4 is 27.7 Å². The molecule has 0 radical (unpaired) electrons. The van der Waals surface area contributed by atoms with Crippen molar-refractivity contribution in [2.75, 3.05) is 20.3 Å². The first-order valence-corrected chi connectivity index (χ1v) is 7.83. The highest BCUT2D eigenvalue weighted by molar-refractivity contribution is 9.10. The first kappa shape index (κ1) is 15.4. The first-order valence-electron chi connectivity index (χ1n) is 6.22. The summed E-state index contributed by atoms with van der Waals surface area (Å²) in [6.45, 7) is 2.32. The van der Waals surface area contributed by atoms with Crippen molar-refractivity contribution in [3.8, 4) is 0 Å². The van der Waals surface area contributed by atoms with Gasteiger partial charge in [-0.3, -0.25) is 0 Å². The fourth-order valence-corrected chi connectivity index (χ4v) is 2.85. The van der Waals surface area contributed by atoms with Gasteiger partial charge in [-0.25, -0.2) is 9.97 Å². The fraction of sp³-hybridized carbons (Fsp3) is 0.286. The van der Waals surface area contributed by atoms with E-state index in [4.69, 9.17) is 4.74 Å². The zero-order valence-corrected chi connectivity index (χ0v) is 13.6. The predicted molar refractivity (Wildman–Crippen MR) is 83.9 cm³/mol. The molecule has 1 heterocycles. The average molecular weight is 354 g/mol. The SMILES string of the molecule is COCCNCc1cc(Br)ccc1Sc1ncccn1. The lowest BCUT2D eigenvalue weighted by atomic mass is 10.2. The van der Waals surface area contributed by atoms with E-state index in [1.165, 1.54) is 5.56 Å². The number of halogens is 1. The van der Waals surface area contributed by atoms with Crippen LogP contribution in [-0.4, -0.2) is 30.2 Å². The molecule has 106 valence electrons. The average Bonchev–Trinajstić information content (AvgIpc) is 2.47. The molecule has 4 nitrogen and oxygen atoms in total. The van der Waals surface area contributed by atoms with E-state index in [2.05, 4.69) is 43.3 Å². The number of nitrogens with zero attached hydrogens (tertiary/aromatic N) is 2. The van der Waals surface area contributed by atoms with E-state index in [9.17, 15) is 0 Å². The van der Waals surface area contributed by atoms with Crippen LogP contribution < -0.4 is 5.32 Å². The topological polar surface area (TPSA) is 47.0 Å². The monoisotopic (exact) mass is 353 g/mol. The summed E-state index contributed by atoms with van der Waals surface area (Å²) in [4.78, 5) is 9.65. The summed E-state index contributed by atoms with van der Waals surface area (Å²) in [7, 11) is 1.70. The Hall–Kier alpha value is -0.950. The van der Waals surface area contributed by atoms with E-state index in [0.717, 1.165) is 27.6 Å². The predicted octanol–water partition coefficient (Wildman–Crippen LogP) is 3.13. The van der Waals surface area contributed by atoms with E-state index in [0.29, 0.717) is 6.61 Å². The Morgan fingerprint density at radius 2 is 2.10 bits per heavy atom. The summed E-state index contributed by atoms with van der Waals surface area (Å²) in [6.07, 6.45) is 3.51. The Morgan fingerprint density at radius 1 is 1.30 bits per heavy atom. The molecule has 0 aliphatic rings. The minimum atomic E-state index is 0.707. The van der Waals surface area contributed by atoms with Crippen molar-refractivity contribution in [1.29, 1.82) is 0 Å². The van der Waals surface area contributed by atoms with E-state index < -0.39 is 0 Å². The molecule has 2 aromatic rings. The molecular weight excluding hydrogens is 338 g/mol. The number of aromatic nitrogens is 2. The van der Waals surface area contributed by atoms with Crippen LogP contribution in [0.25, 0.3) is 0 Å². The Morgan fingerprint density at radius 3 is 2.85 bits per heavy atom. The molecule has 20 heavy (non-hydrogen) atoms.